The van der Waals surface area contributed by atoms with Gasteiger partial charge >= 0.3 is 18.0 Å². The van der Waals surface area contributed by atoms with E-state index in [0.717, 1.165) is 48.2 Å². The lowest BCUT2D eigenvalue weighted by atomic mass is 9.77. The van der Waals surface area contributed by atoms with E-state index in [9.17, 15) is 22.8 Å². The maximum absolute atomic E-state index is 13.3. The molecule has 3 rings (SSSR count). The predicted octanol–water partition coefficient (Wildman–Crippen LogP) is 8.44. The van der Waals surface area contributed by atoms with Gasteiger partial charge in [-0.1, -0.05) is 39.3 Å². The van der Waals surface area contributed by atoms with E-state index in [1.165, 1.54) is 12.1 Å². The molecule has 0 spiro atoms. The molecule has 2 N–H and O–H groups in total. The highest BCUT2D eigenvalue weighted by molar-refractivity contribution is 7.90. The lowest BCUT2D eigenvalue weighted by Crippen LogP contribution is -2.48. The normalized spacial score (nSPS) is 16.9. The van der Waals surface area contributed by atoms with Crippen molar-refractivity contribution in [3.63, 3.8) is 0 Å². The standard InChI is InChI=1S/C39H59N3O7S/c1-11-15-20-49-35(43)30(25-38(7,8)36(44)48-14-4)22-28(12-2)29-16-18-31(19-17-29)50(46,47)41-37(45)40-33-23-32-27(6)24-39(9,10)42(13-3)34(32)21-26(33)5/h16-19,21,23,27-28,30H,11-15,20,22,24-25H2,1-10H3,(H2,40,41,45). The molecule has 1 aliphatic rings. The summed E-state index contributed by atoms with van der Waals surface area (Å²) in [6.45, 7) is 21.4. The number of fused-ring (bicyclic) bond motifs is 1. The van der Waals surface area contributed by atoms with Gasteiger partial charge in [0, 0.05) is 23.5 Å². The average molecular weight is 714 g/mol. The lowest BCUT2D eigenvalue weighted by Gasteiger charge is -2.47. The average Bonchev–Trinajstić information content (AvgIpc) is 3.03. The molecule has 11 heteroatoms. The fourth-order valence-corrected chi connectivity index (χ4v) is 8.13. The van der Waals surface area contributed by atoms with E-state index in [-0.39, 0.29) is 47.2 Å². The second-order valence-corrected chi connectivity index (χ2v) is 16.6. The molecule has 2 amide bonds. The first-order valence-corrected chi connectivity index (χ1v) is 19.6. The van der Waals surface area contributed by atoms with Crippen LogP contribution in [0.1, 0.15) is 129 Å². The summed E-state index contributed by atoms with van der Waals surface area (Å²) in [6.07, 6.45) is 3.96. The van der Waals surface area contributed by atoms with E-state index in [4.69, 9.17) is 9.47 Å². The summed E-state index contributed by atoms with van der Waals surface area (Å²) in [4.78, 5) is 41.3. The van der Waals surface area contributed by atoms with Crippen molar-refractivity contribution in [3.8, 4) is 0 Å². The van der Waals surface area contributed by atoms with Gasteiger partial charge in [-0.2, -0.15) is 0 Å². The van der Waals surface area contributed by atoms with Crippen LogP contribution >= 0.6 is 0 Å². The second kappa shape index (κ2) is 17.1. The highest BCUT2D eigenvalue weighted by Gasteiger charge is 2.38. The van der Waals surface area contributed by atoms with Gasteiger partial charge in [-0.05, 0) is 133 Å². The van der Waals surface area contributed by atoms with Crippen molar-refractivity contribution >= 4 is 39.4 Å². The van der Waals surface area contributed by atoms with E-state index in [1.807, 2.05) is 26.8 Å². The second-order valence-electron chi connectivity index (χ2n) is 14.9. The molecule has 1 heterocycles. The van der Waals surface area contributed by atoms with Gasteiger partial charge in [0.1, 0.15) is 0 Å². The van der Waals surface area contributed by atoms with Crippen LogP contribution in [0.15, 0.2) is 41.3 Å². The van der Waals surface area contributed by atoms with E-state index in [1.54, 1.807) is 32.9 Å². The maximum Gasteiger partial charge on any atom is 0.333 e. The molecule has 0 fully saturated rings. The van der Waals surface area contributed by atoms with E-state index < -0.39 is 27.4 Å². The van der Waals surface area contributed by atoms with Crippen LogP contribution in [-0.4, -0.2) is 51.7 Å². The number of hydrogen-bond acceptors (Lipinski definition) is 8. The quantitative estimate of drug-likeness (QED) is 0.131. The Balaban J connectivity index is 1.76. The fourth-order valence-electron chi connectivity index (χ4n) is 7.22. The van der Waals surface area contributed by atoms with E-state index in [2.05, 4.69) is 48.7 Å². The number of nitrogens with one attached hydrogen (secondary N) is 2. The number of urea groups is 1. The minimum atomic E-state index is -4.18. The Morgan fingerprint density at radius 1 is 1.04 bits per heavy atom. The Bertz CT molecular complexity index is 1600. The number of aryl methyl sites for hydroxylation is 1. The summed E-state index contributed by atoms with van der Waals surface area (Å²) in [5.41, 5.74) is 3.62. The van der Waals surface area contributed by atoms with E-state index in [0.29, 0.717) is 25.1 Å². The van der Waals surface area contributed by atoms with Crippen LogP contribution in [0.3, 0.4) is 0 Å². The van der Waals surface area contributed by atoms with Crippen LogP contribution in [0, 0.1) is 18.3 Å². The van der Waals surface area contributed by atoms with Crippen molar-refractivity contribution in [2.24, 2.45) is 11.3 Å². The largest absolute Gasteiger partial charge is 0.466 e. The number of esters is 2. The number of carbonyl (C=O) groups is 3. The molecule has 2 aromatic carbocycles. The third-order valence-corrected chi connectivity index (χ3v) is 11.3. The van der Waals surface area contributed by atoms with Gasteiger partial charge in [0.05, 0.1) is 29.4 Å². The highest BCUT2D eigenvalue weighted by atomic mass is 32.2. The van der Waals surface area contributed by atoms with Gasteiger partial charge in [0.25, 0.3) is 10.0 Å². The third-order valence-electron chi connectivity index (χ3n) is 9.91. The molecule has 0 saturated heterocycles. The van der Waals surface area contributed by atoms with Gasteiger partial charge in [0.2, 0.25) is 0 Å². The monoisotopic (exact) mass is 713 g/mol. The molecule has 278 valence electrons. The fraction of sp³-hybridized carbons (Fsp3) is 0.615. The van der Waals surface area contributed by atoms with Crippen LogP contribution in [0.5, 0.6) is 0 Å². The van der Waals surface area contributed by atoms with Crippen molar-refractivity contribution in [2.45, 2.75) is 130 Å². The topological polar surface area (TPSA) is 131 Å². The molecule has 0 aliphatic carbocycles. The molecular formula is C39H59N3O7S. The molecule has 2 aromatic rings. The minimum absolute atomic E-state index is 0.00350. The zero-order chi connectivity index (χ0) is 37.4. The SMILES string of the molecule is CCCCOC(=O)C(CC(CC)c1ccc(S(=O)(=O)NC(=O)Nc2cc3c(cc2C)N(CC)C(C)(C)CC3C)cc1)CC(C)(C)C(=O)OCC. The van der Waals surface area contributed by atoms with Gasteiger partial charge in [-0.25, -0.2) is 17.9 Å². The van der Waals surface area contributed by atoms with Crippen molar-refractivity contribution < 1.29 is 32.3 Å². The number of ether oxygens (including phenoxy) is 2. The van der Waals surface area contributed by atoms with Crippen molar-refractivity contribution in [3.05, 3.63) is 53.1 Å². The molecular weight excluding hydrogens is 655 g/mol. The van der Waals surface area contributed by atoms with Gasteiger partial charge in [0.15, 0.2) is 0 Å². The number of amides is 2. The van der Waals surface area contributed by atoms with Gasteiger partial charge < -0.3 is 19.7 Å². The lowest BCUT2D eigenvalue weighted by molar-refractivity contribution is -0.157. The van der Waals surface area contributed by atoms with E-state index >= 15 is 0 Å². The number of unbranched alkanes of at least 4 members (excludes halogenated alkanes) is 1. The van der Waals surface area contributed by atoms with Crippen LogP contribution in [0.4, 0.5) is 16.2 Å². The molecule has 0 aromatic heterocycles. The summed E-state index contributed by atoms with van der Waals surface area (Å²) in [7, 11) is -4.18. The Labute approximate surface area is 300 Å². The summed E-state index contributed by atoms with van der Waals surface area (Å²) in [5.74, 6) is -1.11. The molecule has 3 unspecified atom stereocenters. The number of nitrogens with zero attached hydrogens (tertiary/aromatic N) is 1. The molecule has 0 saturated carbocycles. The summed E-state index contributed by atoms with van der Waals surface area (Å²) >= 11 is 0. The number of benzene rings is 2. The first-order chi connectivity index (χ1) is 23.4. The molecule has 10 nitrogen and oxygen atoms in total. The summed E-state index contributed by atoms with van der Waals surface area (Å²) < 4.78 is 39.6. The molecule has 0 radical (unpaired) electrons. The van der Waals surface area contributed by atoms with Crippen molar-refractivity contribution in [1.82, 2.24) is 4.72 Å². The molecule has 50 heavy (non-hydrogen) atoms. The van der Waals surface area contributed by atoms with Crippen molar-refractivity contribution in [1.29, 1.82) is 0 Å². The number of sulfonamides is 1. The molecule has 3 atom stereocenters. The number of anilines is 2. The Hall–Kier alpha value is -3.60. The number of carbonyl (C=O) groups excluding carboxylic acids is 3. The first kappa shape index (κ1) is 40.8. The third kappa shape index (κ3) is 10.0. The highest BCUT2D eigenvalue weighted by Crippen LogP contribution is 2.45. The Morgan fingerprint density at radius 3 is 2.28 bits per heavy atom. The molecule has 1 aliphatic heterocycles. The maximum atomic E-state index is 13.3. The summed E-state index contributed by atoms with van der Waals surface area (Å²) in [6, 6.07) is 9.55. The van der Waals surface area contributed by atoms with Crippen LogP contribution < -0.4 is 14.9 Å². The summed E-state index contributed by atoms with van der Waals surface area (Å²) in [5, 5.41) is 2.76. The minimum Gasteiger partial charge on any atom is -0.466 e. The van der Waals surface area contributed by atoms with Crippen LogP contribution in [-0.2, 0) is 29.1 Å². The van der Waals surface area contributed by atoms with Gasteiger partial charge in [-0.3, -0.25) is 9.59 Å². The zero-order valence-electron chi connectivity index (χ0n) is 31.8. The van der Waals surface area contributed by atoms with Crippen LogP contribution in [0.25, 0.3) is 0 Å². The smallest absolute Gasteiger partial charge is 0.333 e. The van der Waals surface area contributed by atoms with Gasteiger partial charge in [-0.15, -0.1) is 0 Å². The zero-order valence-corrected chi connectivity index (χ0v) is 32.6. The predicted molar refractivity (Wildman–Crippen MR) is 199 cm³/mol. The van der Waals surface area contributed by atoms with Crippen LogP contribution in [0.2, 0.25) is 0 Å². The molecule has 0 bridgehead atoms. The Morgan fingerprint density at radius 2 is 1.70 bits per heavy atom. The number of rotatable bonds is 16. The first-order valence-electron chi connectivity index (χ1n) is 18.1. The van der Waals surface area contributed by atoms with Crippen molar-refractivity contribution in [2.75, 3.05) is 30.0 Å². The Kier molecular flexibility index (Phi) is 13.9. The number of hydrogen-bond donors (Lipinski definition) is 2.